The molecule has 0 radical (unpaired) electrons. The smallest absolute Gasteiger partial charge is 0.320 e. The first kappa shape index (κ1) is 18.4. The van der Waals surface area contributed by atoms with Crippen molar-refractivity contribution >= 4 is 22.5 Å². The molecular formula is C20H22FN5O2. The van der Waals surface area contributed by atoms with E-state index in [1.165, 1.54) is 12.1 Å². The molecular weight excluding hydrogens is 361 g/mol. The number of likely N-dealkylation sites (tertiary alicyclic amines) is 2. The number of nitriles is 1. The molecule has 2 aromatic rings. The number of piperidine rings is 2. The summed E-state index contributed by atoms with van der Waals surface area (Å²) in [7, 11) is 0. The molecule has 0 saturated carbocycles. The van der Waals surface area contributed by atoms with Crippen molar-refractivity contribution in [3.63, 3.8) is 0 Å². The second kappa shape index (κ2) is 7.60. The number of nitrogens with one attached hydrogen (secondary N) is 1. The summed E-state index contributed by atoms with van der Waals surface area (Å²) in [6.45, 7) is 2.23. The Kier molecular flexibility index (Phi) is 5.01. The summed E-state index contributed by atoms with van der Waals surface area (Å²) in [5.41, 5.74) is 2.56. The summed E-state index contributed by atoms with van der Waals surface area (Å²) in [6, 6.07) is 6.58. The molecule has 1 aromatic heterocycles. The molecule has 0 atom stereocenters. The molecule has 2 N–H and O–H groups in total. The molecule has 3 heterocycles. The van der Waals surface area contributed by atoms with E-state index in [1.54, 1.807) is 15.9 Å². The SMILES string of the molecule is N#CC(=C1CCN(C(=O)N2CCC(O)CC2)CC1)c1n[nH]c2ccc(F)cc12. The van der Waals surface area contributed by atoms with Crippen LogP contribution in [0.2, 0.25) is 0 Å². The van der Waals surface area contributed by atoms with Crippen LogP contribution in [0.15, 0.2) is 23.8 Å². The molecule has 2 fully saturated rings. The molecule has 2 saturated heterocycles. The second-order valence-corrected chi connectivity index (χ2v) is 7.34. The minimum atomic E-state index is -0.371. The van der Waals surface area contributed by atoms with E-state index in [1.807, 2.05) is 0 Å². The summed E-state index contributed by atoms with van der Waals surface area (Å²) in [6.07, 6.45) is 2.11. The Morgan fingerprint density at radius 3 is 2.57 bits per heavy atom. The number of halogens is 1. The van der Waals surface area contributed by atoms with Gasteiger partial charge in [0, 0.05) is 31.6 Å². The molecule has 2 amide bonds. The number of H-pyrrole nitrogens is 1. The number of amides is 2. The highest BCUT2D eigenvalue weighted by Crippen LogP contribution is 2.30. The van der Waals surface area contributed by atoms with Crippen molar-refractivity contribution in [1.82, 2.24) is 20.0 Å². The van der Waals surface area contributed by atoms with Crippen molar-refractivity contribution in [2.75, 3.05) is 26.2 Å². The van der Waals surface area contributed by atoms with Crippen LogP contribution in [0.5, 0.6) is 0 Å². The van der Waals surface area contributed by atoms with Crippen LogP contribution in [0.4, 0.5) is 9.18 Å². The third-order valence-corrected chi connectivity index (χ3v) is 5.60. The fourth-order valence-electron chi connectivity index (χ4n) is 3.95. The lowest BCUT2D eigenvalue weighted by Gasteiger charge is -2.36. The van der Waals surface area contributed by atoms with E-state index in [-0.39, 0.29) is 18.0 Å². The van der Waals surface area contributed by atoms with Gasteiger partial charge in [-0.25, -0.2) is 9.18 Å². The van der Waals surface area contributed by atoms with Crippen LogP contribution in [-0.4, -0.2) is 63.4 Å². The number of fused-ring (bicyclic) bond motifs is 1. The van der Waals surface area contributed by atoms with Crippen molar-refractivity contribution in [3.05, 3.63) is 35.3 Å². The van der Waals surface area contributed by atoms with E-state index in [2.05, 4.69) is 16.3 Å². The quantitative estimate of drug-likeness (QED) is 0.740. The van der Waals surface area contributed by atoms with E-state index in [9.17, 15) is 19.6 Å². The molecule has 28 heavy (non-hydrogen) atoms. The first-order valence-electron chi connectivity index (χ1n) is 9.55. The Morgan fingerprint density at radius 1 is 1.21 bits per heavy atom. The number of hydrogen-bond acceptors (Lipinski definition) is 4. The maximum Gasteiger partial charge on any atom is 0.320 e. The zero-order chi connectivity index (χ0) is 19.7. The third-order valence-electron chi connectivity index (χ3n) is 5.60. The number of rotatable bonds is 1. The van der Waals surface area contributed by atoms with Gasteiger partial charge in [0.05, 0.1) is 17.2 Å². The molecule has 0 bridgehead atoms. The van der Waals surface area contributed by atoms with E-state index in [4.69, 9.17) is 0 Å². The number of benzene rings is 1. The van der Waals surface area contributed by atoms with Gasteiger partial charge in [0.15, 0.2) is 0 Å². The minimum absolute atomic E-state index is 0.00301. The number of carbonyl (C=O) groups is 1. The molecule has 4 rings (SSSR count). The Balaban J connectivity index is 1.51. The fourth-order valence-corrected chi connectivity index (χ4v) is 3.95. The van der Waals surface area contributed by atoms with Gasteiger partial charge < -0.3 is 14.9 Å². The lowest BCUT2D eigenvalue weighted by atomic mass is 9.95. The number of nitrogens with zero attached hydrogens (tertiary/aromatic N) is 4. The van der Waals surface area contributed by atoms with Gasteiger partial charge in [-0.1, -0.05) is 0 Å². The number of allylic oxidation sites excluding steroid dienone is 1. The molecule has 0 unspecified atom stereocenters. The second-order valence-electron chi connectivity index (χ2n) is 7.34. The van der Waals surface area contributed by atoms with Gasteiger partial charge in [-0.2, -0.15) is 10.4 Å². The normalized spacial score (nSPS) is 18.4. The van der Waals surface area contributed by atoms with E-state index in [0.717, 1.165) is 5.57 Å². The van der Waals surface area contributed by atoms with Crippen molar-refractivity contribution in [3.8, 4) is 6.07 Å². The lowest BCUT2D eigenvalue weighted by molar-refractivity contribution is 0.0803. The fraction of sp³-hybridized carbons (Fsp3) is 0.450. The molecule has 2 aliphatic heterocycles. The van der Waals surface area contributed by atoms with Gasteiger partial charge in [-0.3, -0.25) is 5.10 Å². The first-order valence-corrected chi connectivity index (χ1v) is 9.55. The van der Waals surface area contributed by atoms with Gasteiger partial charge in [0.1, 0.15) is 17.6 Å². The Hall–Kier alpha value is -2.92. The monoisotopic (exact) mass is 383 g/mol. The van der Waals surface area contributed by atoms with Crippen LogP contribution in [0.1, 0.15) is 31.4 Å². The summed E-state index contributed by atoms with van der Waals surface area (Å²) < 4.78 is 13.6. The first-order chi connectivity index (χ1) is 13.6. The molecule has 1 aromatic carbocycles. The van der Waals surface area contributed by atoms with Crippen molar-refractivity contribution < 1.29 is 14.3 Å². The van der Waals surface area contributed by atoms with Crippen LogP contribution in [0, 0.1) is 17.1 Å². The minimum Gasteiger partial charge on any atom is -0.393 e. The van der Waals surface area contributed by atoms with Crippen LogP contribution < -0.4 is 0 Å². The number of hydrogen-bond donors (Lipinski definition) is 2. The van der Waals surface area contributed by atoms with Crippen LogP contribution in [0.25, 0.3) is 16.5 Å². The van der Waals surface area contributed by atoms with Gasteiger partial charge >= 0.3 is 6.03 Å². The Bertz CT molecular complexity index is 959. The average Bonchev–Trinajstić information content (AvgIpc) is 3.12. The molecule has 0 aliphatic carbocycles. The number of aromatic amines is 1. The molecule has 8 heteroatoms. The van der Waals surface area contributed by atoms with E-state index < -0.39 is 0 Å². The maximum atomic E-state index is 13.6. The number of aliphatic hydroxyl groups is 1. The summed E-state index contributed by atoms with van der Waals surface area (Å²) >= 11 is 0. The van der Waals surface area contributed by atoms with Crippen LogP contribution in [0.3, 0.4) is 0 Å². The highest BCUT2D eigenvalue weighted by Gasteiger charge is 2.28. The zero-order valence-electron chi connectivity index (χ0n) is 15.5. The standard InChI is InChI=1S/C20H22FN5O2/c21-14-1-2-18-16(11-14)19(24-23-18)17(12-22)13-3-7-25(8-4-13)20(28)26-9-5-15(27)6-10-26/h1-2,11,15,27H,3-10H2,(H,23,24). The zero-order valence-corrected chi connectivity index (χ0v) is 15.5. The summed E-state index contributed by atoms with van der Waals surface area (Å²) in [5, 5.41) is 27.0. The van der Waals surface area contributed by atoms with Gasteiger partial charge in [0.2, 0.25) is 0 Å². The van der Waals surface area contributed by atoms with Crippen molar-refractivity contribution in [1.29, 1.82) is 5.26 Å². The molecule has 7 nitrogen and oxygen atoms in total. The summed E-state index contributed by atoms with van der Waals surface area (Å²) in [5.74, 6) is -0.371. The van der Waals surface area contributed by atoms with Crippen LogP contribution >= 0.6 is 0 Å². The largest absolute Gasteiger partial charge is 0.393 e. The highest BCUT2D eigenvalue weighted by atomic mass is 19.1. The van der Waals surface area contributed by atoms with E-state index >= 15 is 0 Å². The number of aliphatic hydroxyl groups excluding tert-OH is 1. The van der Waals surface area contributed by atoms with Crippen molar-refractivity contribution in [2.45, 2.75) is 31.8 Å². The topological polar surface area (TPSA) is 96.2 Å². The van der Waals surface area contributed by atoms with Crippen molar-refractivity contribution in [2.24, 2.45) is 0 Å². The number of aromatic nitrogens is 2. The predicted molar refractivity (Wildman–Crippen MR) is 102 cm³/mol. The Morgan fingerprint density at radius 2 is 1.89 bits per heavy atom. The molecule has 0 spiro atoms. The van der Waals surface area contributed by atoms with E-state index in [0.29, 0.717) is 74.0 Å². The maximum absolute atomic E-state index is 13.6. The van der Waals surface area contributed by atoms with Gasteiger partial charge in [-0.15, -0.1) is 0 Å². The van der Waals surface area contributed by atoms with Gasteiger partial charge in [-0.05, 0) is 49.5 Å². The van der Waals surface area contributed by atoms with Crippen LogP contribution in [-0.2, 0) is 0 Å². The van der Waals surface area contributed by atoms with Gasteiger partial charge in [0.25, 0.3) is 0 Å². The number of carbonyl (C=O) groups excluding carboxylic acids is 1. The highest BCUT2D eigenvalue weighted by molar-refractivity contribution is 5.95. The Labute approximate surface area is 162 Å². The average molecular weight is 383 g/mol. The molecule has 146 valence electrons. The molecule has 2 aliphatic rings. The third kappa shape index (κ3) is 3.45. The lowest BCUT2D eigenvalue weighted by Crippen LogP contribution is -2.49. The number of urea groups is 1. The predicted octanol–water partition coefficient (Wildman–Crippen LogP) is 2.65. The summed E-state index contributed by atoms with van der Waals surface area (Å²) in [4.78, 5) is 16.3.